The minimum Gasteiger partial charge on any atom is -0.462 e. The lowest BCUT2D eigenvalue weighted by Crippen LogP contribution is -2.28. The van der Waals surface area contributed by atoms with Crippen LogP contribution in [0, 0.1) is 0 Å². The predicted molar refractivity (Wildman–Crippen MR) is 315 cm³/mol. The van der Waals surface area contributed by atoms with Crippen LogP contribution >= 0.6 is 0 Å². The molecule has 0 rings (SSSR count). The van der Waals surface area contributed by atoms with E-state index in [1.165, 1.54) is 70.6 Å². The zero-order chi connectivity index (χ0) is 52.0. The molecule has 0 aliphatic carbocycles. The van der Waals surface area contributed by atoms with Gasteiger partial charge < -0.3 is 14.6 Å². The SMILES string of the molecule is CC/C=C\C/C=C\C/C=C\C/C=C\C/C=C\C/C=C\C/C=C\C/C=C\C/C=C\C/C=C\CCCCCCC(=O)OC(CO)COC(=O)CCCCCCCCCC/C=C\C/C=C\C/C=C\CCCCCCC. The van der Waals surface area contributed by atoms with Crippen molar-refractivity contribution in [1.29, 1.82) is 0 Å². The van der Waals surface area contributed by atoms with Crippen LogP contribution in [0.3, 0.4) is 0 Å². The molecule has 5 nitrogen and oxygen atoms in total. The molecule has 0 aromatic rings. The zero-order valence-electron chi connectivity index (χ0n) is 46.1. The number of aliphatic hydroxyl groups is 1. The molecular formula is C67H106O5. The number of allylic oxidation sites excluding steroid dienone is 26. The number of hydrogen-bond acceptors (Lipinski definition) is 5. The minimum atomic E-state index is -0.803. The monoisotopic (exact) mass is 991 g/mol. The number of unbranched alkanes of at least 4 members (excludes halogenated alkanes) is 17. The Kier molecular flexibility index (Phi) is 57.0. The zero-order valence-corrected chi connectivity index (χ0v) is 46.1. The van der Waals surface area contributed by atoms with Crippen molar-refractivity contribution < 1.29 is 24.2 Å². The van der Waals surface area contributed by atoms with E-state index in [0.717, 1.165) is 135 Å². The van der Waals surface area contributed by atoms with Crippen molar-refractivity contribution in [2.45, 2.75) is 238 Å². The van der Waals surface area contributed by atoms with E-state index in [0.29, 0.717) is 12.8 Å². The fourth-order valence-electron chi connectivity index (χ4n) is 7.47. The maximum absolute atomic E-state index is 12.3. The van der Waals surface area contributed by atoms with Crippen molar-refractivity contribution in [3.8, 4) is 0 Å². The number of hydrogen-bond donors (Lipinski definition) is 1. The third-order valence-corrected chi connectivity index (χ3v) is 11.8. The molecule has 0 saturated carbocycles. The van der Waals surface area contributed by atoms with Crippen LogP contribution in [-0.4, -0.2) is 36.4 Å². The third-order valence-electron chi connectivity index (χ3n) is 11.8. The largest absolute Gasteiger partial charge is 0.462 e. The molecule has 0 aliphatic rings. The number of carbonyl (C=O) groups is 2. The van der Waals surface area contributed by atoms with Gasteiger partial charge in [-0.05, 0) is 128 Å². The van der Waals surface area contributed by atoms with Gasteiger partial charge in [0.15, 0.2) is 6.10 Å². The van der Waals surface area contributed by atoms with Crippen LogP contribution in [0.1, 0.15) is 232 Å². The van der Waals surface area contributed by atoms with Crippen molar-refractivity contribution in [3.63, 3.8) is 0 Å². The number of rotatable bonds is 51. The second-order valence-electron chi connectivity index (χ2n) is 18.6. The number of aliphatic hydroxyl groups excluding tert-OH is 1. The highest BCUT2D eigenvalue weighted by atomic mass is 16.6. The fraction of sp³-hybridized carbons (Fsp3) is 0.582. The molecule has 0 radical (unpaired) electrons. The van der Waals surface area contributed by atoms with Gasteiger partial charge in [0, 0.05) is 12.8 Å². The molecule has 0 bridgehead atoms. The summed E-state index contributed by atoms with van der Waals surface area (Å²) in [4.78, 5) is 24.5. The number of esters is 2. The molecule has 0 amide bonds. The number of carbonyl (C=O) groups excluding carboxylic acids is 2. The van der Waals surface area contributed by atoms with Crippen LogP contribution in [-0.2, 0) is 19.1 Å². The summed E-state index contributed by atoms with van der Waals surface area (Å²) in [5.74, 6) is -0.639. The van der Waals surface area contributed by atoms with Gasteiger partial charge in [0.1, 0.15) is 6.61 Å². The molecule has 0 heterocycles. The van der Waals surface area contributed by atoms with Crippen molar-refractivity contribution in [2.75, 3.05) is 13.2 Å². The van der Waals surface area contributed by atoms with E-state index in [-0.39, 0.29) is 25.2 Å². The van der Waals surface area contributed by atoms with Crippen LogP contribution in [0.5, 0.6) is 0 Å². The van der Waals surface area contributed by atoms with Gasteiger partial charge in [-0.1, -0.05) is 249 Å². The van der Waals surface area contributed by atoms with Crippen LogP contribution in [0.4, 0.5) is 0 Å². The third kappa shape index (κ3) is 58.1. The summed E-state index contributed by atoms with van der Waals surface area (Å²) in [5.41, 5.74) is 0. The first-order valence-corrected chi connectivity index (χ1v) is 29.0. The maximum Gasteiger partial charge on any atom is 0.306 e. The first-order valence-electron chi connectivity index (χ1n) is 29.0. The van der Waals surface area contributed by atoms with Gasteiger partial charge in [-0.15, -0.1) is 0 Å². The molecule has 5 heteroatoms. The second-order valence-corrected chi connectivity index (χ2v) is 18.6. The topological polar surface area (TPSA) is 72.8 Å². The van der Waals surface area contributed by atoms with Crippen LogP contribution in [0.25, 0.3) is 0 Å². The molecule has 72 heavy (non-hydrogen) atoms. The normalized spacial score (nSPS) is 13.4. The summed E-state index contributed by atoms with van der Waals surface area (Å²) < 4.78 is 10.7. The van der Waals surface area contributed by atoms with Crippen molar-refractivity contribution in [2.24, 2.45) is 0 Å². The molecule has 0 aromatic heterocycles. The molecule has 0 spiro atoms. The highest BCUT2D eigenvalue weighted by molar-refractivity contribution is 5.70. The molecule has 1 unspecified atom stereocenters. The Morgan fingerprint density at radius 2 is 0.597 bits per heavy atom. The average molecular weight is 992 g/mol. The Labute approximate surface area is 443 Å². The van der Waals surface area contributed by atoms with E-state index < -0.39 is 6.10 Å². The van der Waals surface area contributed by atoms with E-state index in [2.05, 4.69) is 172 Å². The summed E-state index contributed by atoms with van der Waals surface area (Å²) >= 11 is 0. The van der Waals surface area contributed by atoms with Crippen molar-refractivity contribution >= 4 is 11.9 Å². The van der Waals surface area contributed by atoms with Gasteiger partial charge in [0.25, 0.3) is 0 Å². The fourth-order valence-corrected chi connectivity index (χ4v) is 7.47. The van der Waals surface area contributed by atoms with Gasteiger partial charge in [0.05, 0.1) is 6.61 Å². The lowest BCUT2D eigenvalue weighted by atomic mass is 10.1. The Hall–Kier alpha value is -4.48. The van der Waals surface area contributed by atoms with E-state index in [1.807, 2.05) is 0 Å². The Morgan fingerprint density at radius 3 is 0.903 bits per heavy atom. The van der Waals surface area contributed by atoms with Crippen molar-refractivity contribution in [1.82, 2.24) is 0 Å². The standard InChI is InChI=1S/C67H106O5/c1-3-5-7-9-11-13-15-17-19-21-23-25-27-28-29-30-31-32-33-34-35-36-37-38-40-42-44-46-48-50-52-54-56-58-60-62-67(70)72-65(63-68)64-71-66(69)61-59-57-55-53-51-49-47-45-43-41-39-26-24-22-20-18-16-14-12-10-8-6-4-2/h5,7,11,13,16-19,22-25,28-29,31-32,34-35,37-39,41-42,44,48,50,65,68H,3-4,6,8-10,12,14-15,20-21,26-27,30,33,36,40,43,45-47,49,51-64H2,1-2H3/b7-5-,13-11-,18-16-,19-17-,24-22-,25-23-,29-28-,32-31-,35-34-,38-37-,41-39-,44-42-,50-48-. The highest BCUT2D eigenvalue weighted by Gasteiger charge is 2.16. The molecule has 0 aliphatic heterocycles. The summed E-state index contributed by atoms with van der Waals surface area (Å²) in [5, 5.41) is 9.65. The molecule has 0 saturated heterocycles. The molecule has 404 valence electrons. The first-order chi connectivity index (χ1) is 35.6. The lowest BCUT2D eigenvalue weighted by molar-refractivity contribution is -0.161. The smallest absolute Gasteiger partial charge is 0.306 e. The quantitative estimate of drug-likeness (QED) is 0.0373. The van der Waals surface area contributed by atoms with Gasteiger partial charge in [-0.25, -0.2) is 0 Å². The lowest BCUT2D eigenvalue weighted by Gasteiger charge is -2.15. The molecule has 0 fully saturated rings. The Morgan fingerprint density at radius 1 is 0.333 bits per heavy atom. The van der Waals surface area contributed by atoms with Gasteiger partial charge in [-0.3, -0.25) is 9.59 Å². The summed E-state index contributed by atoms with van der Waals surface area (Å²) in [6.45, 7) is 3.98. The van der Waals surface area contributed by atoms with Gasteiger partial charge in [0.2, 0.25) is 0 Å². The Balaban J connectivity index is 3.67. The second kappa shape index (κ2) is 60.8. The minimum absolute atomic E-state index is 0.0907. The molecular weight excluding hydrogens is 885 g/mol. The van der Waals surface area contributed by atoms with Crippen LogP contribution in [0.2, 0.25) is 0 Å². The summed E-state index contributed by atoms with van der Waals surface area (Å²) in [6, 6.07) is 0. The Bertz CT molecular complexity index is 1590. The maximum atomic E-state index is 12.3. The van der Waals surface area contributed by atoms with Gasteiger partial charge in [-0.2, -0.15) is 0 Å². The average Bonchev–Trinajstić information content (AvgIpc) is 3.38. The van der Waals surface area contributed by atoms with E-state index >= 15 is 0 Å². The molecule has 0 aromatic carbocycles. The predicted octanol–water partition coefficient (Wildman–Crippen LogP) is 20.0. The highest BCUT2D eigenvalue weighted by Crippen LogP contribution is 2.13. The van der Waals surface area contributed by atoms with E-state index in [4.69, 9.17) is 9.47 Å². The van der Waals surface area contributed by atoms with Crippen LogP contribution in [0.15, 0.2) is 158 Å². The van der Waals surface area contributed by atoms with E-state index in [1.54, 1.807) is 0 Å². The van der Waals surface area contributed by atoms with Crippen LogP contribution < -0.4 is 0 Å². The van der Waals surface area contributed by atoms with Crippen molar-refractivity contribution in [3.05, 3.63) is 158 Å². The number of ether oxygens (including phenoxy) is 2. The summed E-state index contributed by atoms with van der Waals surface area (Å²) in [7, 11) is 0. The van der Waals surface area contributed by atoms with E-state index in [9.17, 15) is 14.7 Å². The first kappa shape index (κ1) is 67.5. The van der Waals surface area contributed by atoms with Gasteiger partial charge >= 0.3 is 11.9 Å². The summed E-state index contributed by atoms with van der Waals surface area (Å²) in [6.07, 6.45) is 93.5. The molecule has 1 atom stereocenters. The molecule has 1 N–H and O–H groups in total.